The molecule has 1 aliphatic rings. The third-order valence-corrected chi connectivity index (χ3v) is 6.40. The third kappa shape index (κ3) is 5.11. The number of aromatic nitrogens is 2. The topological polar surface area (TPSA) is 102 Å². The van der Waals surface area contributed by atoms with E-state index in [-0.39, 0.29) is 23.2 Å². The lowest BCUT2D eigenvalue weighted by molar-refractivity contribution is -0.119. The van der Waals surface area contributed by atoms with Gasteiger partial charge in [-0.05, 0) is 63.4 Å². The van der Waals surface area contributed by atoms with Crippen LogP contribution in [-0.4, -0.2) is 34.2 Å². The normalized spacial score (nSPS) is 13.0. The smallest absolute Gasteiger partial charge is 0.341 e. The molecule has 0 aliphatic heterocycles. The molecule has 0 unspecified atom stereocenters. The molecule has 1 saturated carbocycles. The summed E-state index contributed by atoms with van der Waals surface area (Å²) in [5.41, 5.74) is 2.19. The quantitative estimate of drug-likeness (QED) is 0.505. The van der Waals surface area contributed by atoms with Gasteiger partial charge in [0.15, 0.2) is 6.61 Å². The van der Waals surface area contributed by atoms with Crippen LogP contribution >= 0.6 is 11.3 Å². The van der Waals surface area contributed by atoms with E-state index >= 15 is 0 Å². The van der Waals surface area contributed by atoms with Gasteiger partial charge < -0.3 is 15.4 Å². The highest BCUT2D eigenvalue weighted by atomic mass is 32.1. The third-order valence-electron chi connectivity index (χ3n) is 5.28. The number of halogens is 1. The summed E-state index contributed by atoms with van der Waals surface area (Å²) in [6.07, 6.45) is 1.70. The average molecular weight is 471 g/mol. The molecule has 2 aromatic heterocycles. The molecular formula is C23H23FN4O4S. The largest absolute Gasteiger partial charge is 0.452 e. The molecule has 2 amide bonds. The number of carbonyl (C=O) groups is 3. The minimum atomic E-state index is -0.679. The maximum Gasteiger partial charge on any atom is 0.341 e. The number of hydrogen-bond donors (Lipinski definition) is 2. The van der Waals surface area contributed by atoms with Crippen molar-refractivity contribution in [3.63, 3.8) is 0 Å². The van der Waals surface area contributed by atoms with Crippen LogP contribution in [0.1, 0.15) is 39.3 Å². The van der Waals surface area contributed by atoms with E-state index in [0.717, 1.165) is 17.7 Å². The molecule has 0 atom stereocenters. The van der Waals surface area contributed by atoms with Gasteiger partial charge in [0.25, 0.3) is 5.91 Å². The molecule has 0 saturated heterocycles. The van der Waals surface area contributed by atoms with Gasteiger partial charge in [0, 0.05) is 16.9 Å². The van der Waals surface area contributed by atoms with E-state index in [0.29, 0.717) is 27.8 Å². The fourth-order valence-electron chi connectivity index (χ4n) is 3.27. The van der Waals surface area contributed by atoms with Gasteiger partial charge in [0.05, 0.1) is 16.9 Å². The summed E-state index contributed by atoms with van der Waals surface area (Å²) in [6, 6.07) is 7.32. The second-order valence-electron chi connectivity index (χ2n) is 7.93. The molecule has 3 aromatic rings. The van der Waals surface area contributed by atoms with Crippen LogP contribution in [0.4, 0.5) is 15.2 Å². The van der Waals surface area contributed by atoms with Crippen LogP contribution in [0.25, 0.3) is 5.69 Å². The van der Waals surface area contributed by atoms with E-state index in [4.69, 9.17) is 4.74 Å². The number of nitrogens with zero attached hydrogens (tertiary/aromatic N) is 2. The van der Waals surface area contributed by atoms with Gasteiger partial charge in [-0.1, -0.05) is 0 Å². The zero-order valence-corrected chi connectivity index (χ0v) is 19.2. The number of thiophene rings is 1. The Hall–Kier alpha value is -3.53. The van der Waals surface area contributed by atoms with Crippen LogP contribution in [-0.2, 0) is 14.3 Å². The number of nitrogens with one attached hydrogen (secondary N) is 2. The van der Waals surface area contributed by atoms with Crippen LogP contribution in [0.3, 0.4) is 0 Å². The van der Waals surface area contributed by atoms with E-state index < -0.39 is 18.5 Å². The predicted molar refractivity (Wildman–Crippen MR) is 122 cm³/mol. The molecule has 1 fully saturated rings. The van der Waals surface area contributed by atoms with Crippen molar-refractivity contribution in [2.45, 2.75) is 33.6 Å². The standard InChI is InChI=1S/C23H23FN4O4S/c1-12-10-18(28(27-12)17-8-6-16(24)7-9-17)25-19(29)11-32-23(31)20-13(2)14(3)33-22(20)26-21(30)15-4-5-15/h6-10,15H,4-5,11H2,1-3H3,(H,25,29)(H,26,30). The highest BCUT2D eigenvalue weighted by Crippen LogP contribution is 2.36. The summed E-state index contributed by atoms with van der Waals surface area (Å²) in [5, 5.41) is 10.2. The lowest BCUT2D eigenvalue weighted by atomic mass is 10.1. The number of amides is 2. The number of ether oxygens (including phenoxy) is 1. The maximum absolute atomic E-state index is 13.2. The van der Waals surface area contributed by atoms with E-state index in [1.165, 1.54) is 40.3 Å². The van der Waals surface area contributed by atoms with Crippen molar-refractivity contribution in [2.75, 3.05) is 17.2 Å². The van der Waals surface area contributed by atoms with Crippen LogP contribution in [0.2, 0.25) is 0 Å². The molecule has 2 N–H and O–H groups in total. The summed E-state index contributed by atoms with van der Waals surface area (Å²) in [5.74, 6) is -1.36. The second kappa shape index (κ2) is 9.14. The molecule has 0 spiro atoms. The van der Waals surface area contributed by atoms with Crippen molar-refractivity contribution >= 4 is 39.9 Å². The Bertz CT molecular complexity index is 1230. The molecule has 8 nitrogen and oxygen atoms in total. The molecule has 1 aliphatic carbocycles. The van der Waals surface area contributed by atoms with Gasteiger partial charge in [-0.25, -0.2) is 13.9 Å². The minimum Gasteiger partial charge on any atom is -0.452 e. The molecule has 1 aromatic carbocycles. The van der Waals surface area contributed by atoms with Crippen molar-refractivity contribution in [3.05, 3.63) is 57.8 Å². The minimum absolute atomic E-state index is 0.00299. The molecule has 172 valence electrons. The lowest BCUT2D eigenvalue weighted by Gasteiger charge is -2.10. The summed E-state index contributed by atoms with van der Waals surface area (Å²) >= 11 is 1.31. The highest BCUT2D eigenvalue weighted by Gasteiger charge is 2.32. The summed E-state index contributed by atoms with van der Waals surface area (Å²) < 4.78 is 19.9. The Morgan fingerprint density at radius 1 is 1.15 bits per heavy atom. The number of hydrogen-bond acceptors (Lipinski definition) is 6. The first kappa shape index (κ1) is 22.7. The zero-order chi connectivity index (χ0) is 23.7. The van der Waals surface area contributed by atoms with E-state index in [1.54, 1.807) is 19.9 Å². The SMILES string of the molecule is Cc1cc(NC(=O)COC(=O)c2c(NC(=O)C3CC3)sc(C)c2C)n(-c2ccc(F)cc2)n1. The van der Waals surface area contributed by atoms with Gasteiger partial charge in [-0.3, -0.25) is 9.59 Å². The van der Waals surface area contributed by atoms with Crippen LogP contribution in [0.5, 0.6) is 0 Å². The number of aryl methyl sites for hydroxylation is 2. The summed E-state index contributed by atoms with van der Waals surface area (Å²) in [6.45, 7) is 4.88. The van der Waals surface area contributed by atoms with E-state index in [2.05, 4.69) is 15.7 Å². The first-order valence-corrected chi connectivity index (χ1v) is 11.2. The number of rotatable bonds is 7. The Balaban J connectivity index is 1.42. The van der Waals surface area contributed by atoms with Crippen molar-refractivity contribution in [1.29, 1.82) is 0 Å². The molecular weight excluding hydrogens is 447 g/mol. The molecule has 0 radical (unpaired) electrons. The summed E-state index contributed by atoms with van der Waals surface area (Å²) in [4.78, 5) is 38.3. The fourth-order valence-corrected chi connectivity index (χ4v) is 4.32. The zero-order valence-electron chi connectivity index (χ0n) is 18.4. The number of benzene rings is 1. The number of carbonyl (C=O) groups excluding carboxylic acids is 3. The molecule has 33 heavy (non-hydrogen) atoms. The number of anilines is 2. The van der Waals surface area contributed by atoms with Crippen molar-refractivity contribution in [1.82, 2.24) is 9.78 Å². The van der Waals surface area contributed by atoms with Gasteiger partial charge >= 0.3 is 5.97 Å². The van der Waals surface area contributed by atoms with Gasteiger partial charge in [-0.15, -0.1) is 11.3 Å². The predicted octanol–water partition coefficient (Wildman–Crippen LogP) is 4.14. The lowest BCUT2D eigenvalue weighted by Crippen LogP contribution is -2.23. The molecule has 4 rings (SSSR count). The molecule has 0 bridgehead atoms. The van der Waals surface area contributed by atoms with Gasteiger partial charge in [-0.2, -0.15) is 5.10 Å². The van der Waals surface area contributed by atoms with Crippen molar-refractivity contribution < 1.29 is 23.5 Å². The average Bonchev–Trinajstić information content (AvgIpc) is 3.51. The Morgan fingerprint density at radius 2 is 1.85 bits per heavy atom. The monoisotopic (exact) mass is 470 g/mol. The van der Waals surface area contributed by atoms with Crippen LogP contribution in [0, 0.1) is 32.5 Å². The second-order valence-corrected chi connectivity index (χ2v) is 9.16. The highest BCUT2D eigenvalue weighted by molar-refractivity contribution is 7.16. The first-order valence-electron chi connectivity index (χ1n) is 10.4. The van der Waals surface area contributed by atoms with Crippen molar-refractivity contribution in [3.8, 4) is 5.69 Å². The number of esters is 1. The van der Waals surface area contributed by atoms with E-state index in [9.17, 15) is 18.8 Å². The van der Waals surface area contributed by atoms with Crippen LogP contribution in [0.15, 0.2) is 30.3 Å². The first-order chi connectivity index (χ1) is 15.7. The Morgan fingerprint density at radius 3 is 2.52 bits per heavy atom. The van der Waals surface area contributed by atoms with Crippen LogP contribution < -0.4 is 10.6 Å². The van der Waals surface area contributed by atoms with Gasteiger partial charge in [0.1, 0.15) is 16.6 Å². The fraction of sp³-hybridized carbons (Fsp3) is 0.304. The molecule has 10 heteroatoms. The maximum atomic E-state index is 13.2. The van der Waals surface area contributed by atoms with Gasteiger partial charge in [0.2, 0.25) is 5.91 Å². The van der Waals surface area contributed by atoms with E-state index in [1.807, 2.05) is 6.92 Å². The summed E-state index contributed by atoms with van der Waals surface area (Å²) in [7, 11) is 0. The Labute approximate surface area is 193 Å². The Kier molecular flexibility index (Phi) is 6.28. The van der Waals surface area contributed by atoms with Crippen molar-refractivity contribution in [2.24, 2.45) is 5.92 Å². The molecule has 2 heterocycles.